The van der Waals surface area contributed by atoms with Gasteiger partial charge in [0.25, 0.3) is 10.1 Å². The van der Waals surface area contributed by atoms with Crippen LogP contribution in [0, 0.1) is 0 Å². The summed E-state index contributed by atoms with van der Waals surface area (Å²) < 4.78 is 34.7. The molecule has 180 valence electrons. The fourth-order valence-electron chi connectivity index (χ4n) is 8.58. The van der Waals surface area contributed by atoms with Gasteiger partial charge in [-0.05, 0) is 40.2 Å². The standard InChI is InChI=1S/C22H48O5SSi2/c1-14(2)29(15(3)4,16(5)6)22(21(23)24,20(13)28(25,26)27)30(17(7)8,18(9)10)19(11)12/h14-20H,1-13H3,(H,23,24)(H,25,26,27). The zero-order chi connectivity index (χ0) is 24.6. The average Bonchev–Trinajstić information content (AvgIpc) is 2.49. The van der Waals surface area contributed by atoms with Crippen molar-refractivity contribution in [1.82, 2.24) is 0 Å². The molecule has 1 atom stereocenters. The van der Waals surface area contributed by atoms with E-state index in [0.717, 1.165) is 0 Å². The van der Waals surface area contributed by atoms with Gasteiger partial charge in [-0.1, -0.05) is 83.1 Å². The summed E-state index contributed by atoms with van der Waals surface area (Å²) in [6.45, 7) is 26.5. The molecule has 0 heterocycles. The molecule has 0 aromatic rings. The average molecular weight is 481 g/mol. The monoisotopic (exact) mass is 480 g/mol. The van der Waals surface area contributed by atoms with Crippen molar-refractivity contribution < 1.29 is 22.9 Å². The summed E-state index contributed by atoms with van der Waals surface area (Å²) in [5.74, 6) is -1.00. The molecule has 0 amide bonds. The molecule has 0 rings (SSSR count). The fraction of sp³-hybridized carbons (Fsp3) is 0.955. The molecule has 0 aromatic heterocycles. The highest BCUT2D eigenvalue weighted by Crippen LogP contribution is 2.70. The minimum Gasteiger partial charge on any atom is -0.481 e. The van der Waals surface area contributed by atoms with E-state index in [1.165, 1.54) is 6.92 Å². The lowest BCUT2D eigenvalue weighted by atomic mass is 10.3. The molecule has 0 fully saturated rings. The van der Waals surface area contributed by atoms with E-state index in [4.69, 9.17) is 0 Å². The van der Waals surface area contributed by atoms with Crippen LogP contribution in [0.4, 0.5) is 0 Å². The van der Waals surface area contributed by atoms with Crippen LogP contribution in [0.1, 0.15) is 90.0 Å². The topological polar surface area (TPSA) is 91.7 Å². The Bertz CT molecular complexity index is 621. The van der Waals surface area contributed by atoms with Gasteiger partial charge in [-0.15, -0.1) is 0 Å². The second-order valence-electron chi connectivity index (χ2n) is 11.1. The largest absolute Gasteiger partial charge is 0.481 e. The Morgan fingerprint density at radius 2 is 0.833 bits per heavy atom. The third-order valence-corrected chi connectivity index (χ3v) is 28.2. The Labute approximate surface area is 188 Å². The van der Waals surface area contributed by atoms with E-state index in [0.29, 0.717) is 0 Å². The molecule has 0 aliphatic heterocycles. The first-order valence-corrected chi connectivity index (χ1v) is 17.4. The van der Waals surface area contributed by atoms with E-state index in [-0.39, 0.29) is 33.2 Å². The summed E-state index contributed by atoms with van der Waals surface area (Å²) in [6.07, 6.45) is 0. The van der Waals surface area contributed by atoms with Gasteiger partial charge in [0.05, 0.1) is 26.1 Å². The second kappa shape index (κ2) is 9.75. The van der Waals surface area contributed by atoms with Crippen LogP contribution in [0.2, 0.25) is 37.9 Å². The lowest BCUT2D eigenvalue weighted by Gasteiger charge is -2.66. The van der Waals surface area contributed by atoms with Crippen molar-refractivity contribution in [2.75, 3.05) is 0 Å². The minimum atomic E-state index is -4.58. The van der Waals surface area contributed by atoms with Gasteiger partial charge in [-0.3, -0.25) is 9.35 Å². The first-order chi connectivity index (χ1) is 13.3. The highest BCUT2D eigenvalue weighted by molar-refractivity contribution is 7.86. The Balaban J connectivity index is 8.47. The van der Waals surface area contributed by atoms with E-state index < -0.39 is 42.1 Å². The van der Waals surface area contributed by atoms with E-state index in [2.05, 4.69) is 83.1 Å². The van der Waals surface area contributed by atoms with E-state index in [1.807, 2.05) is 0 Å². The number of carboxylic acids is 1. The molecule has 0 radical (unpaired) electrons. The Morgan fingerprint density at radius 1 is 0.633 bits per heavy atom. The van der Waals surface area contributed by atoms with Crippen LogP contribution in [0.3, 0.4) is 0 Å². The van der Waals surface area contributed by atoms with Crippen LogP contribution in [0.15, 0.2) is 0 Å². The maximum atomic E-state index is 13.7. The zero-order valence-electron chi connectivity index (χ0n) is 21.6. The molecule has 0 aliphatic carbocycles. The molecule has 0 saturated heterocycles. The Morgan fingerprint density at radius 3 is 0.933 bits per heavy atom. The van der Waals surface area contributed by atoms with Gasteiger partial charge >= 0.3 is 5.97 Å². The highest BCUT2D eigenvalue weighted by Gasteiger charge is 2.77. The molecule has 2 N–H and O–H groups in total. The Hall–Kier alpha value is -0.186. The summed E-state index contributed by atoms with van der Waals surface area (Å²) in [7, 11) is -10.5. The first-order valence-electron chi connectivity index (χ1n) is 11.5. The maximum Gasteiger partial charge on any atom is 0.305 e. The quantitative estimate of drug-likeness (QED) is 0.246. The number of aliphatic carboxylic acids is 1. The van der Waals surface area contributed by atoms with Crippen molar-refractivity contribution in [1.29, 1.82) is 0 Å². The molecule has 1 unspecified atom stereocenters. The number of carboxylic acid groups (broad SMARTS) is 1. The van der Waals surface area contributed by atoms with Crippen molar-refractivity contribution in [2.24, 2.45) is 0 Å². The smallest absolute Gasteiger partial charge is 0.305 e. The molecular formula is C22H48O5SSi2. The van der Waals surface area contributed by atoms with Crippen LogP contribution in [-0.4, -0.2) is 45.4 Å². The molecule has 0 aromatic carbocycles. The van der Waals surface area contributed by atoms with Crippen LogP contribution in [0.25, 0.3) is 0 Å². The predicted octanol–water partition coefficient (Wildman–Crippen LogP) is 6.98. The summed E-state index contributed by atoms with van der Waals surface area (Å²) in [5, 5.41) is 9.87. The minimum absolute atomic E-state index is 0.0425. The lowest BCUT2D eigenvalue weighted by Crippen LogP contribution is -2.76. The van der Waals surface area contributed by atoms with Crippen LogP contribution >= 0.6 is 0 Å². The lowest BCUT2D eigenvalue weighted by molar-refractivity contribution is -0.139. The molecule has 0 spiro atoms. The summed E-state index contributed by atoms with van der Waals surface area (Å²) in [6, 6.07) is 0. The van der Waals surface area contributed by atoms with Crippen molar-refractivity contribution in [3.63, 3.8) is 0 Å². The van der Waals surface area contributed by atoms with E-state index in [1.54, 1.807) is 0 Å². The van der Waals surface area contributed by atoms with Crippen molar-refractivity contribution >= 4 is 32.2 Å². The van der Waals surface area contributed by atoms with Crippen molar-refractivity contribution in [3.05, 3.63) is 0 Å². The molecule has 5 nitrogen and oxygen atoms in total. The zero-order valence-corrected chi connectivity index (χ0v) is 24.4. The number of hydrogen-bond acceptors (Lipinski definition) is 3. The molecular weight excluding hydrogens is 432 g/mol. The van der Waals surface area contributed by atoms with Crippen molar-refractivity contribution in [3.8, 4) is 0 Å². The van der Waals surface area contributed by atoms with Gasteiger partial charge in [0.15, 0.2) is 0 Å². The first kappa shape index (κ1) is 29.8. The third-order valence-electron chi connectivity index (χ3n) is 8.49. The predicted molar refractivity (Wildman–Crippen MR) is 133 cm³/mol. The third kappa shape index (κ3) is 3.88. The molecule has 0 saturated carbocycles. The summed E-state index contributed by atoms with van der Waals surface area (Å²) >= 11 is 0. The van der Waals surface area contributed by atoms with Crippen LogP contribution < -0.4 is 0 Å². The van der Waals surface area contributed by atoms with Crippen molar-refractivity contribution in [2.45, 2.75) is 133 Å². The van der Waals surface area contributed by atoms with E-state index >= 15 is 0 Å². The normalized spacial score (nSPS) is 15.9. The van der Waals surface area contributed by atoms with Crippen LogP contribution in [-0.2, 0) is 14.9 Å². The number of carbonyl (C=O) groups is 1. The van der Waals surface area contributed by atoms with Gasteiger partial charge in [0.1, 0.15) is 0 Å². The number of rotatable bonds is 11. The van der Waals surface area contributed by atoms with Gasteiger partial charge in [0.2, 0.25) is 0 Å². The highest BCUT2D eigenvalue weighted by atomic mass is 32.2. The van der Waals surface area contributed by atoms with Crippen LogP contribution in [0.5, 0.6) is 0 Å². The summed E-state index contributed by atoms with van der Waals surface area (Å²) in [5.41, 5.74) is 0.255. The maximum absolute atomic E-state index is 13.7. The molecule has 0 aliphatic rings. The molecule has 0 bridgehead atoms. The van der Waals surface area contributed by atoms with E-state index in [9.17, 15) is 22.9 Å². The van der Waals surface area contributed by atoms with Gasteiger partial charge in [0, 0.05) is 0 Å². The summed E-state index contributed by atoms with van der Waals surface area (Å²) in [4.78, 5) is 13.7. The van der Waals surface area contributed by atoms with Gasteiger partial charge in [-0.2, -0.15) is 8.42 Å². The molecule has 30 heavy (non-hydrogen) atoms. The number of hydrogen-bond donors (Lipinski definition) is 2. The van der Waals surface area contributed by atoms with Gasteiger partial charge < -0.3 is 5.11 Å². The SMILES string of the molecule is CC(C)[Si](C(C)C)(C(C)C)C(C(=O)O)(C(C)S(=O)(=O)O)[Si](C(C)C)(C(C)C)C(C)C. The second-order valence-corrected chi connectivity index (χ2v) is 25.5. The Kier molecular flexibility index (Phi) is 9.69. The fourth-order valence-corrected chi connectivity index (χ4v) is 35.1. The molecule has 8 heteroatoms. The van der Waals surface area contributed by atoms with Gasteiger partial charge in [-0.25, -0.2) is 0 Å².